The molecule has 1 unspecified atom stereocenters. The predicted octanol–water partition coefficient (Wildman–Crippen LogP) is 0.921. The van der Waals surface area contributed by atoms with Crippen molar-refractivity contribution in [2.75, 3.05) is 13.8 Å². The number of nitrogens with zero attached hydrogens (tertiary/aromatic N) is 3. The third-order valence-corrected chi connectivity index (χ3v) is 4.43. The lowest BCUT2D eigenvalue weighted by atomic mass is 10.2. The zero-order valence-corrected chi connectivity index (χ0v) is 13.8. The lowest BCUT2D eigenvalue weighted by Gasteiger charge is -2.25. The number of alkyl halides is 3. The molecule has 1 heterocycles. The Bertz CT molecular complexity index is 727. The van der Waals surface area contributed by atoms with Crippen LogP contribution in [-0.2, 0) is 19.6 Å². The molecule has 12 heteroatoms. The van der Waals surface area contributed by atoms with E-state index < -0.39 is 34.9 Å². The molecule has 0 amide bonds. The van der Waals surface area contributed by atoms with Crippen molar-refractivity contribution >= 4 is 16.0 Å². The standard InChI is InChI=1S/C12H17F3N4O4S/c1-7(18(2)6-23-11(20)12(13,14)15)9-5-10(24(16,21)22)17-19(9)8-3-4-8/h5,7-8H,3-4,6H2,1-2H3,(H2,16,21,22). The van der Waals surface area contributed by atoms with Crippen molar-refractivity contribution in [2.45, 2.75) is 43.1 Å². The number of esters is 1. The van der Waals surface area contributed by atoms with E-state index in [2.05, 4.69) is 9.84 Å². The van der Waals surface area contributed by atoms with Gasteiger partial charge in [-0.15, -0.1) is 0 Å². The number of hydrogen-bond donors (Lipinski definition) is 1. The Kier molecular flexibility index (Phi) is 4.93. The first-order valence-corrected chi connectivity index (χ1v) is 8.52. The lowest BCUT2D eigenvalue weighted by molar-refractivity contribution is -0.204. The van der Waals surface area contributed by atoms with Gasteiger partial charge in [0.25, 0.3) is 10.0 Å². The summed E-state index contributed by atoms with van der Waals surface area (Å²) in [5, 5.41) is 8.73. The fraction of sp³-hybridized carbons (Fsp3) is 0.667. The molecular weight excluding hydrogens is 353 g/mol. The zero-order chi connectivity index (χ0) is 18.3. The summed E-state index contributed by atoms with van der Waals surface area (Å²) < 4.78 is 65.0. The number of hydrogen-bond acceptors (Lipinski definition) is 6. The van der Waals surface area contributed by atoms with Gasteiger partial charge in [-0.05, 0) is 26.8 Å². The highest BCUT2D eigenvalue weighted by atomic mass is 32.2. The quantitative estimate of drug-likeness (QED) is 0.589. The predicted molar refractivity (Wildman–Crippen MR) is 75.1 cm³/mol. The van der Waals surface area contributed by atoms with Crippen LogP contribution in [0.4, 0.5) is 13.2 Å². The van der Waals surface area contributed by atoms with Gasteiger partial charge < -0.3 is 4.74 Å². The average molecular weight is 370 g/mol. The number of nitrogens with two attached hydrogens (primary N) is 1. The second-order valence-corrected chi connectivity index (χ2v) is 7.13. The van der Waals surface area contributed by atoms with E-state index in [0.717, 1.165) is 12.8 Å². The van der Waals surface area contributed by atoms with Crippen LogP contribution >= 0.6 is 0 Å². The van der Waals surface area contributed by atoms with Crippen LogP contribution in [-0.4, -0.2) is 49.0 Å². The molecule has 8 nitrogen and oxygen atoms in total. The van der Waals surface area contributed by atoms with E-state index in [4.69, 9.17) is 5.14 Å². The number of ether oxygens (including phenoxy) is 1. The minimum Gasteiger partial charge on any atom is -0.443 e. The summed E-state index contributed by atoms with van der Waals surface area (Å²) in [4.78, 5) is 12.1. The zero-order valence-electron chi connectivity index (χ0n) is 12.9. The number of carbonyl (C=O) groups excluding carboxylic acids is 1. The Balaban J connectivity index is 2.15. The van der Waals surface area contributed by atoms with Gasteiger partial charge in [-0.1, -0.05) is 0 Å². The van der Waals surface area contributed by atoms with E-state index in [0.29, 0.717) is 5.69 Å². The van der Waals surface area contributed by atoms with Gasteiger partial charge in [0.1, 0.15) is 6.73 Å². The molecule has 1 aliphatic carbocycles. The molecule has 1 aromatic rings. The minimum absolute atomic E-state index is 0.0316. The number of sulfonamides is 1. The van der Waals surface area contributed by atoms with E-state index in [1.807, 2.05) is 0 Å². The van der Waals surface area contributed by atoms with Gasteiger partial charge in [0.2, 0.25) is 0 Å². The van der Waals surface area contributed by atoms with Crippen molar-refractivity contribution < 1.29 is 31.1 Å². The molecule has 0 radical (unpaired) electrons. The maximum atomic E-state index is 12.1. The number of carbonyl (C=O) groups is 1. The molecule has 1 aliphatic rings. The Morgan fingerprint density at radius 2 is 2.12 bits per heavy atom. The van der Waals surface area contributed by atoms with Crippen molar-refractivity contribution in [3.8, 4) is 0 Å². The van der Waals surface area contributed by atoms with E-state index in [-0.39, 0.29) is 11.1 Å². The maximum absolute atomic E-state index is 12.1. The van der Waals surface area contributed by atoms with Crippen molar-refractivity contribution in [1.82, 2.24) is 14.7 Å². The van der Waals surface area contributed by atoms with Crippen molar-refractivity contribution in [1.29, 1.82) is 0 Å². The summed E-state index contributed by atoms with van der Waals surface area (Å²) in [6.45, 7) is 1.02. The molecular formula is C12H17F3N4O4S. The molecule has 2 rings (SSSR count). The monoisotopic (exact) mass is 370 g/mol. The van der Waals surface area contributed by atoms with Crippen LogP contribution in [0.5, 0.6) is 0 Å². The summed E-state index contributed by atoms with van der Waals surface area (Å²) in [7, 11) is -2.56. The Morgan fingerprint density at radius 3 is 2.58 bits per heavy atom. The minimum atomic E-state index is -5.07. The Hall–Kier alpha value is -1.66. The first-order chi connectivity index (χ1) is 10.9. The van der Waals surface area contributed by atoms with Gasteiger partial charge >= 0.3 is 12.1 Å². The van der Waals surface area contributed by atoms with Crippen LogP contribution in [0, 0.1) is 0 Å². The van der Waals surface area contributed by atoms with E-state index in [9.17, 15) is 26.4 Å². The lowest BCUT2D eigenvalue weighted by Crippen LogP contribution is -2.33. The smallest absolute Gasteiger partial charge is 0.443 e. The van der Waals surface area contributed by atoms with Crippen LogP contribution in [0.2, 0.25) is 0 Å². The van der Waals surface area contributed by atoms with Gasteiger partial charge in [-0.25, -0.2) is 18.4 Å². The molecule has 136 valence electrons. The molecule has 1 fully saturated rings. The number of primary sulfonamides is 1. The van der Waals surface area contributed by atoms with Gasteiger partial charge in [-0.3, -0.25) is 9.58 Å². The summed E-state index contributed by atoms with van der Waals surface area (Å²) in [6, 6.07) is 0.763. The molecule has 2 N–H and O–H groups in total. The maximum Gasteiger partial charge on any atom is 0.490 e. The highest BCUT2D eigenvalue weighted by Gasteiger charge is 2.41. The fourth-order valence-electron chi connectivity index (χ4n) is 2.03. The molecule has 0 saturated heterocycles. The first-order valence-electron chi connectivity index (χ1n) is 6.97. The van der Waals surface area contributed by atoms with Crippen molar-refractivity contribution in [3.63, 3.8) is 0 Å². The first kappa shape index (κ1) is 18.7. The van der Waals surface area contributed by atoms with Gasteiger partial charge in [0, 0.05) is 6.07 Å². The van der Waals surface area contributed by atoms with E-state index >= 15 is 0 Å². The third-order valence-electron chi connectivity index (χ3n) is 3.65. The van der Waals surface area contributed by atoms with Gasteiger partial charge in [0.15, 0.2) is 5.03 Å². The molecule has 1 saturated carbocycles. The molecule has 0 spiro atoms. The summed E-state index contributed by atoms with van der Waals surface area (Å²) >= 11 is 0. The molecule has 0 bridgehead atoms. The molecule has 24 heavy (non-hydrogen) atoms. The van der Waals surface area contributed by atoms with Crippen LogP contribution < -0.4 is 5.14 Å². The molecule has 0 aromatic carbocycles. The molecule has 1 atom stereocenters. The van der Waals surface area contributed by atoms with E-state index in [1.165, 1.54) is 22.7 Å². The average Bonchev–Trinajstić information content (AvgIpc) is 3.19. The second-order valence-electron chi connectivity index (χ2n) is 5.62. The van der Waals surface area contributed by atoms with Crippen LogP contribution in [0.25, 0.3) is 0 Å². The second kappa shape index (κ2) is 6.33. The van der Waals surface area contributed by atoms with Crippen molar-refractivity contribution in [3.05, 3.63) is 11.8 Å². The highest BCUT2D eigenvalue weighted by molar-refractivity contribution is 7.89. The Labute approximate surface area is 136 Å². The highest BCUT2D eigenvalue weighted by Crippen LogP contribution is 2.38. The topological polar surface area (TPSA) is 108 Å². The fourth-order valence-corrected chi connectivity index (χ4v) is 2.51. The van der Waals surface area contributed by atoms with Crippen LogP contribution in [0.1, 0.15) is 37.5 Å². The largest absolute Gasteiger partial charge is 0.490 e. The molecule has 0 aliphatic heterocycles. The van der Waals surface area contributed by atoms with Crippen molar-refractivity contribution in [2.24, 2.45) is 5.14 Å². The summed E-state index contributed by atoms with van der Waals surface area (Å²) in [6.07, 6.45) is -3.43. The SMILES string of the molecule is CC(c1cc(S(N)(=O)=O)nn1C1CC1)N(C)COC(=O)C(F)(F)F. The number of aromatic nitrogens is 2. The van der Waals surface area contributed by atoms with Gasteiger partial charge in [0.05, 0.1) is 17.8 Å². The number of rotatable bonds is 6. The van der Waals surface area contributed by atoms with E-state index in [1.54, 1.807) is 6.92 Å². The van der Waals surface area contributed by atoms with Crippen LogP contribution in [0.15, 0.2) is 11.1 Å². The molecule has 1 aromatic heterocycles. The third kappa shape index (κ3) is 4.24. The van der Waals surface area contributed by atoms with Crippen LogP contribution in [0.3, 0.4) is 0 Å². The summed E-state index contributed by atoms with van der Waals surface area (Å²) in [5.41, 5.74) is 0.465. The number of halogens is 3. The Morgan fingerprint density at radius 1 is 1.54 bits per heavy atom. The normalized spacial score (nSPS) is 17.1. The summed E-state index contributed by atoms with van der Waals surface area (Å²) in [5.74, 6) is -2.29. The van der Waals surface area contributed by atoms with Gasteiger partial charge in [-0.2, -0.15) is 18.3 Å².